The first-order chi connectivity index (χ1) is 10.7. The SMILES string of the molecule is CCc1ccc(CCC(=O)NCCN2CCCCC2=O)cc1. The molecule has 0 spiro atoms. The molecule has 0 unspecified atom stereocenters. The molecule has 4 heteroatoms. The number of piperidine rings is 1. The van der Waals surface area contributed by atoms with Gasteiger partial charge in [-0.1, -0.05) is 31.2 Å². The van der Waals surface area contributed by atoms with E-state index in [0.29, 0.717) is 25.9 Å². The van der Waals surface area contributed by atoms with E-state index >= 15 is 0 Å². The minimum atomic E-state index is 0.0593. The van der Waals surface area contributed by atoms with Gasteiger partial charge in [0.25, 0.3) is 0 Å². The molecule has 4 nitrogen and oxygen atoms in total. The summed E-state index contributed by atoms with van der Waals surface area (Å²) in [6.07, 6.45) is 5.03. The third kappa shape index (κ3) is 5.17. The van der Waals surface area contributed by atoms with E-state index in [1.807, 2.05) is 4.90 Å². The van der Waals surface area contributed by atoms with Crippen LogP contribution in [0.1, 0.15) is 43.7 Å². The lowest BCUT2D eigenvalue weighted by Crippen LogP contribution is -2.41. The predicted octanol–water partition coefficient (Wildman–Crippen LogP) is 2.31. The number of likely N-dealkylation sites (tertiary alicyclic amines) is 1. The topological polar surface area (TPSA) is 49.4 Å². The van der Waals surface area contributed by atoms with Crippen LogP contribution >= 0.6 is 0 Å². The third-order valence-corrected chi connectivity index (χ3v) is 4.20. The van der Waals surface area contributed by atoms with Crippen molar-refractivity contribution in [1.82, 2.24) is 10.2 Å². The van der Waals surface area contributed by atoms with Gasteiger partial charge < -0.3 is 10.2 Å². The van der Waals surface area contributed by atoms with Crippen LogP contribution in [-0.4, -0.2) is 36.3 Å². The summed E-state index contributed by atoms with van der Waals surface area (Å²) in [5.41, 5.74) is 2.51. The van der Waals surface area contributed by atoms with Crippen LogP contribution in [0.15, 0.2) is 24.3 Å². The largest absolute Gasteiger partial charge is 0.354 e. The molecule has 1 saturated heterocycles. The van der Waals surface area contributed by atoms with Gasteiger partial charge in [-0.05, 0) is 36.8 Å². The Bertz CT molecular complexity index is 496. The van der Waals surface area contributed by atoms with Crippen LogP contribution in [0.2, 0.25) is 0 Å². The summed E-state index contributed by atoms with van der Waals surface area (Å²) < 4.78 is 0. The Morgan fingerprint density at radius 3 is 2.59 bits per heavy atom. The predicted molar refractivity (Wildman–Crippen MR) is 87.6 cm³/mol. The molecule has 22 heavy (non-hydrogen) atoms. The zero-order valence-electron chi connectivity index (χ0n) is 13.4. The van der Waals surface area contributed by atoms with E-state index in [-0.39, 0.29) is 11.8 Å². The number of carbonyl (C=O) groups excluding carboxylic acids is 2. The molecule has 0 aliphatic carbocycles. The van der Waals surface area contributed by atoms with E-state index < -0.39 is 0 Å². The zero-order chi connectivity index (χ0) is 15.8. The van der Waals surface area contributed by atoms with Crippen molar-refractivity contribution < 1.29 is 9.59 Å². The number of hydrogen-bond acceptors (Lipinski definition) is 2. The van der Waals surface area contributed by atoms with Gasteiger partial charge >= 0.3 is 0 Å². The number of carbonyl (C=O) groups is 2. The molecule has 1 N–H and O–H groups in total. The highest BCUT2D eigenvalue weighted by molar-refractivity contribution is 5.77. The fourth-order valence-electron chi connectivity index (χ4n) is 2.72. The fourth-order valence-corrected chi connectivity index (χ4v) is 2.72. The lowest BCUT2D eigenvalue weighted by molar-refractivity contribution is -0.133. The number of nitrogens with one attached hydrogen (secondary N) is 1. The molecule has 1 aromatic carbocycles. The second kappa shape index (κ2) is 8.57. The smallest absolute Gasteiger partial charge is 0.222 e. The highest BCUT2D eigenvalue weighted by atomic mass is 16.2. The Hall–Kier alpha value is -1.84. The van der Waals surface area contributed by atoms with Crippen molar-refractivity contribution in [3.05, 3.63) is 35.4 Å². The molecule has 0 radical (unpaired) electrons. The van der Waals surface area contributed by atoms with Crippen LogP contribution < -0.4 is 5.32 Å². The summed E-state index contributed by atoms with van der Waals surface area (Å²) in [6.45, 7) is 4.16. The highest BCUT2D eigenvalue weighted by Gasteiger charge is 2.17. The first-order valence-electron chi connectivity index (χ1n) is 8.31. The van der Waals surface area contributed by atoms with Gasteiger partial charge in [0.1, 0.15) is 0 Å². The molecule has 0 aromatic heterocycles. The van der Waals surface area contributed by atoms with Crippen molar-refractivity contribution >= 4 is 11.8 Å². The molecule has 2 amide bonds. The maximum Gasteiger partial charge on any atom is 0.222 e. The molecule has 1 aliphatic heterocycles. The van der Waals surface area contributed by atoms with Crippen molar-refractivity contribution in [1.29, 1.82) is 0 Å². The fraction of sp³-hybridized carbons (Fsp3) is 0.556. The maximum atomic E-state index is 11.8. The highest BCUT2D eigenvalue weighted by Crippen LogP contribution is 2.09. The number of hydrogen-bond donors (Lipinski definition) is 1. The van der Waals surface area contributed by atoms with E-state index in [9.17, 15) is 9.59 Å². The molecule has 0 bridgehead atoms. The van der Waals surface area contributed by atoms with Gasteiger partial charge in [-0.2, -0.15) is 0 Å². The zero-order valence-corrected chi connectivity index (χ0v) is 13.4. The standard InChI is InChI=1S/C18H26N2O2/c1-2-15-6-8-16(9-7-15)10-11-17(21)19-12-14-20-13-4-3-5-18(20)22/h6-9H,2-5,10-14H2,1H3,(H,19,21). The normalized spacial score (nSPS) is 15.0. The summed E-state index contributed by atoms with van der Waals surface area (Å²) >= 11 is 0. The molecule has 0 atom stereocenters. The number of benzene rings is 1. The average molecular weight is 302 g/mol. The quantitative estimate of drug-likeness (QED) is 0.840. The number of aryl methyl sites for hydroxylation is 2. The van der Waals surface area contributed by atoms with Gasteiger partial charge in [-0.15, -0.1) is 0 Å². The van der Waals surface area contributed by atoms with Crippen molar-refractivity contribution in [2.75, 3.05) is 19.6 Å². The van der Waals surface area contributed by atoms with Crippen LogP contribution in [0, 0.1) is 0 Å². The van der Waals surface area contributed by atoms with Crippen molar-refractivity contribution in [3.8, 4) is 0 Å². The summed E-state index contributed by atoms with van der Waals surface area (Å²) in [5.74, 6) is 0.278. The Morgan fingerprint density at radius 1 is 1.18 bits per heavy atom. The second-order valence-corrected chi connectivity index (χ2v) is 5.86. The molecular weight excluding hydrogens is 276 g/mol. The summed E-state index contributed by atoms with van der Waals surface area (Å²) in [5, 5.41) is 2.91. The lowest BCUT2D eigenvalue weighted by Gasteiger charge is -2.26. The van der Waals surface area contributed by atoms with E-state index in [4.69, 9.17) is 0 Å². The summed E-state index contributed by atoms with van der Waals surface area (Å²) in [6, 6.07) is 8.43. The third-order valence-electron chi connectivity index (χ3n) is 4.20. The van der Waals surface area contributed by atoms with Gasteiger partial charge in [0.15, 0.2) is 0 Å². The van der Waals surface area contributed by atoms with Crippen molar-refractivity contribution in [2.24, 2.45) is 0 Å². The van der Waals surface area contributed by atoms with E-state index in [0.717, 1.165) is 32.2 Å². The van der Waals surface area contributed by atoms with Gasteiger partial charge in [0, 0.05) is 32.5 Å². The van der Waals surface area contributed by atoms with Gasteiger partial charge in [0.05, 0.1) is 0 Å². The Kier molecular flexibility index (Phi) is 6.44. The van der Waals surface area contributed by atoms with Gasteiger partial charge in [0.2, 0.25) is 11.8 Å². The molecule has 120 valence electrons. The number of rotatable bonds is 7. The van der Waals surface area contributed by atoms with Crippen molar-refractivity contribution in [3.63, 3.8) is 0 Å². The summed E-state index contributed by atoms with van der Waals surface area (Å²) in [7, 11) is 0. The van der Waals surface area contributed by atoms with Gasteiger partial charge in [-0.3, -0.25) is 9.59 Å². The monoisotopic (exact) mass is 302 g/mol. The first-order valence-corrected chi connectivity index (χ1v) is 8.31. The van der Waals surface area contributed by atoms with Crippen LogP contribution in [-0.2, 0) is 22.4 Å². The molecule has 2 rings (SSSR count). The number of amides is 2. The van der Waals surface area contributed by atoms with E-state index in [2.05, 4.69) is 36.5 Å². The van der Waals surface area contributed by atoms with Crippen LogP contribution in [0.5, 0.6) is 0 Å². The van der Waals surface area contributed by atoms with Crippen LogP contribution in [0.3, 0.4) is 0 Å². The molecular formula is C18H26N2O2. The maximum absolute atomic E-state index is 11.8. The molecule has 1 heterocycles. The molecule has 1 fully saturated rings. The minimum Gasteiger partial charge on any atom is -0.354 e. The second-order valence-electron chi connectivity index (χ2n) is 5.86. The van der Waals surface area contributed by atoms with Crippen LogP contribution in [0.4, 0.5) is 0 Å². The Labute approximate surface area is 132 Å². The van der Waals surface area contributed by atoms with E-state index in [1.54, 1.807) is 0 Å². The van der Waals surface area contributed by atoms with Crippen molar-refractivity contribution in [2.45, 2.75) is 45.4 Å². The number of nitrogens with zero attached hydrogens (tertiary/aromatic N) is 1. The molecule has 1 aliphatic rings. The van der Waals surface area contributed by atoms with E-state index in [1.165, 1.54) is 11.1 Å². The summed E-state index contributed by atoms with van der Waals surface area (Å²) in [4.78, 5) is 25.3. The van der Waals surface area contributed by atoms with Gasteiger partial charge in [-0.25, -0.2) is 0 Å². The van der Waals surface area contributed by atoms with Crippen LogP contribution in [0.25, 0.3) is 0 Å². The average Bonchev–Trinajstić information content (AvgIpc) is 2.55. The molecule has 1 aromatic rings. The Balaban J connectivity index is 1.64. The minimum absolute atomic E-state index is 0.0593. The Morgan fingerprint density at radius 2 is 1.91 bits per heavy atom. The first kappa shape index (κ1) is 16.5. The molecule has 0 saturated carbocycles. The lowest BCUT2D eigenvalue weighted by atomic mass is 10.1.